The minimum Gasteiger partial charge on any atom is -0.384 e. The normalized spacial score (nSPS) is 29.2. The topological polar surface area (TPSA) is 66.4 Å². The van der Waals surface area contributed by atoms with E-state index < -0.39 is 12.5 Å². The summed E-state index contributed by atoms with van der Waals surface area (Å²) in [5, 5.41) is 6.52. The van der Waals surface area contributed by atoms with Gasteiger partial charge in [0.25, 0.3) is 17.9 Å². The van der Waals surface area contributed by atoms with Crippen molar-refractivity contribution >= 4 is 34.2 Å². The molecule has 2 heterocycles. The Hall–Kier alpha value is -2.01. The summed E-state index contributed by atoms with van der Waals surface area (Å²) >= 11 is 2.43. The highest BCUT2D eigenvalue weighted by Crippen LogP contribution is 2.47. The monoisotopic (exact) mass is 652 g/mol. The zero-order chi connectivity index (χ0) is 28.1. The van der Waals surface area contributed by atoms with Gasteiger partial charge in [-0.3, -0.25) is 9.59 Å². The van der Waals surface area contributed by atoms with Crippen LogP contribution in [0.25, 0.3) is 0 Å². The summed E-state index contributed by atoms with van der Waals surface area (Å²) in [4.78, 5) is 29.3. The molecule has 3 fully saturated rings. The van der Waals surface area contributed by atoms with Crippen molar-refractivity contribution in [1.82, 2.24) is 14.8 Å². The van der Waals surface area contributed by atoms with Gasteiger partial charge in [-0.15, -0.1) is 0 Å². The molecule has 212 valence electrons. The molecule has 5 rings (SSSR count). The van der Waals surface area contributed by atoms with Crippen molar-refractivity contribution in [3.8, 4) is 0 Å². The number of nitrogens with zero attached hydrogens (tertiary/aromatic N) is 2. The molecule has 0 spiro atoms. The number of rotatable bonds is 8. The number of pyridine rings is 1. The molecule has 3 aliphatic rings. The SMILES string of the molecule is Cc1c(C(F)F)cccc1[C@@H](C)NC(=O)c1cn(C2CC(C)(I)C2)c(=O)cc1NCC1[C@@H]2CC[C@H]1CN(C)C2. The number of piperidine rings is 1. The minimum absolute atomic E-state index is 0.0240. The number of nitrogens with one attached hydrogen (secondary N) is 2. The number of benzene rings is 1. The number of hydrogen-bond acceptors (Lipinski definition) is 4. The first-order valence-electron chi connectivity index (χ1n) is 14.0. The summed E-state index contributed by atoms with van der Waals surface area (Å²) in [6.07, 6.45) is 3.32. The molecule has 2 bridgehead atoms. The molecule has 39 heavy (non-hydrogen) atoms. The number of aromatic nitrogens is 1. The molecule has 1 aliphatic heterocycles. The average molecular weight is 653 g/mol. The van der Waals surface area contributed by atoms with E-state index in [1.807, 2.05) is 6.92 Å². The van der Waals surface area contributed by atoms with Crippen LogP contribution in [-0.4, -0.2) is 45.5 Å². The summed E-state index contributed by atoms with van der Waals surface area (Å²) in [7, 11) is 2.18. The molecular formula is C30H39F2IN4O2. The van der Waals surface area contributed by atoms with Crippen LogP contribution < -0.4 is 16.2 Å². The Kier molecular flexibility index (Phi) is 8.12. The molecule has 1 unspecified atom stereocenters. The lowest BCUT2D eigenvalue weighted by molar-refractivity contribution is 0.0939. The highest BCUT2D eigenvalue weighted by molar-refractivity contribution is 14.1. The Morgan fingerprint density at radius 3 is 2.44 bits per heavy atom. The van der Waals surface area contributed by atoms with E-state index >= 15 is 0 Å². The van der Waals surface area contributed by atoms with Crippen LogP contribution in [0.2, 0.25) is 0 Å². The van der Waals surface area contributed by atoms with Crippen LogP contribution in [0.3, 0.4) is 0 Å². The first-order chi connectivity index (χ1) is 18.4. The fourth-order valence-corrected chi connectivity index (χ4v) is 8.16. The van der Waals surface area contributed by atoms with E-state index in [0.717, 1.165) is 32.5 Å². The molecule has 2 aliphatic carbocycles. The highest BCUT2D eigenvalue weighted by atomic mass is 127. The Bertz CT molecular complexity index is 1270. The lowest BCUT2D eigenvalue weighted by Crippen LogP contribution is -2.43. The third kappa shape index (κ3) is 5.89. The van der Waals surface area contributed by atoms with Gasteiger partial charge in [-0.25, -0.2) is 8.78 Å². The number of halogens is 3. The maximum atomic E-state index is 13.7. The Balaban J connectivity index is 1.40. The second kappa shape index (κ2) is 11.1. The van der Waals surface area contributed by atoms with Crippen LogP contribution in [-0.2, 0) is 0 Å². The molecule has 1 aromatic heterocycles. The van der Waals surface area contributed by atoms with Gasteiger partial charge in [0.1, 0.15) is 0 Å². The Morgan fingerprint density at radius 2 is 1.82 bits per heavy atom. The zero-order valence-electron chi connectivity index (χ0n) is 23.1. The lowest BCUT2D eigenvalue weighted by atomic mass is 9.81. The van der Waals surface area contributed by atoms with Crippen LogP contribution in [0.1, 0.15) is 85.1 Å². The molecule has 1 aromatic carbocycles. The number of likely N-dealkylation sites (tertiary alicyclic amines) is 1. The van der Waals surface area contributed by atoms with Gasteiger partial charge in [0.05, 0.1) is 17.3 Å². The van der Waals surface area contributed by atoms with Gasteiger partial charge >= 0.3 is 0 Å². The van der Waals surface area contributed by atoms with Gasteiger partial charge in [-0.05, 0) is 75.5 Å². The van der Waals surface area contributed by atoms with Crippen LogP contribution in [0, 0.1) is 24.7 Å². The fourth-order valence-electron chi connectivity index (χ4n) is 7.14. The molecule has 0 radical (unpaired) electrons. The first kappa shape index (κ1) is 28.5. The maximum absolute atomic E-state index is 13.7. The van der Waals surface area contributed by atoms with Crippen LogP contribution in [0.15, 0.2) is 35.3 Å². The number of anilines is 1. The Morgan fingerprint density at radius 1 is 1.18 bits per heavy atom. The van der Waals surface area contributed by atoms with Crippen molar-refractivity contribution in [3.63, 3.8) is 0 Å². The van der Waals surface area contributed by atoms with Crippen LogP contribution >= 0.6 is 22.6 Å². The predicted octanol–water partition coefficient (Wildman–Crippen LogP) is 6.11. The van der Waals surface area contributed by atoms with E-state index in [2.05, 4.69) is 52.1 Å². The number of hydrogen-bond donors (Lipinski definition) is 2. The largest absolute Gasteiger partial charge is 0.384 e. The molecule has 6 nitrogen and oxygen atoms in total. The quantitative estimate of drug-likeness (QED) is 0.267. The van der Waals surface area contributed by atoms with Gasteiger partial charge in [0, 0.05) is 46.9 Å². The predicted molar refractivity (Wildman–Crippen MR) is 159 cm³/mol. The number of fused-ring (bicyclic) bond motifs is 2. The highest BCUT2D eigenvalue weighted by Gasteiger charge is 2.41. The van der Waals surface area contributed by atoms with E-state index in [1.54, 1.807) is 35.9 Å². The Labute approximate surface area is 243 Å². The molecule has 2 saturated carbocycles. The number of carbonyl (C=O) groups is 1. The number of amides is 1. The lowest BCUT2D eigenvalue weighted by Gasteiger charge is -2.42. The molecule has 1 saturated heterocycles. The van der Waals surface area contributed by atoms with Crippen molar-refractivity contribution in [2.24, 2.45) is 17.8 Å². The number of alkyl halides is 3. The van der Waals surface area contributed by atoms with E-state index in [4.69, 9.17) is 0 Å². The first-order valence-corrected chi connectivity index (χ1v) is 15.1. The van der Waals surface area contributed by atoms with E-state index in [9.17, 15) is 18.4 Å². The van der Waals surface area contributed by atoms with Gasteiger partial charge < -0.3 is 20.1 Å². The second-order valence-corrected chi connectivity index (χ2v) is 14.8. The molecule has 2 aromatic rings. The van der Waals surface area contributed by atoms with Gasteiger partial charge in [-0.1, -0.05) is 47.7 Å². The molecule has 9 heteroatoms. The molecular weight excluding hydrogens is 613 g/mol. The maximum Gasteiger partial charge on any atom is 0.264 e. The van der Waals surface area contributed by atoms with E-state index in [1.165, 1.54) is 18.9 Å². The van der Waals surface area contributed by atoms with Gasteiger partial charge in [-0.2, -0.15) is 0 Å². The number of carbonyl (C=O) groups excluding carboxylic acids is 1. The van der Waals surface area contributed by atoms with Gasteiger partial charge in [0.2, 0.25) is 0 Å². The standard InChI is InChI=1S/C30H39F2IN4O2/c1-17-22(6-5-7-23(17)28(31)32)18(2)35-29(39)25-16-37(21-11-30(3,33)12-21)27(38)10-26(25)34-13-24-19-8-9-20(24)15-36(4)14-19/h5-7,10,16,18-21,24,28,34H,8-9,11-15H2,1-4H3,(H,35,39)/t18-,19-,20+,21?,24?,30?/m1/s1. The average Bonchev–Trinajstić information content (AvgIpc) is 3.09. The van der Waals surface area contributed by atoms with Crippen molar-refractivity contribution in [2.45, 2.75) is 68.4 Å². The third-order valence-electron chi connectivity index (χ3n) is 9.25. The summed E-state index contributed by atoms with van der Waals surface area (Å²) in [6, 6.07) is 5.96. The van der Waals surface area contributed by atoms with E-state index in [0.29, 0.717) is 40.1 Å². The van der Waals surface area contributed by atoms with Crippen molar-refractivity contribution in [1.29, 1.82) is 0 Å². The van der Waals surface area contributed by atoms with Crippen LogP contribution in [0.4, 0.5) is 14.5 Å². The molecule has 4 atom stereocenters. The summed E-state index contributed by atoms with van der Waals surface area (Å²) in [6.45, 7) is 8.55. The molecule has 2 N–H and O–H groups in total. The second-order valence-electron chi connectivity index (χ2n) is 12.2. The third-order valence-corrected chi connectivity index (χ3v) is 10.1. The summed E-state index contributed by atoms with van der Waals surface area (Å²) in [5.41, 5.74) is 1.99. The fraction of sp³-hybridized carbons (Fsp3) is 0.600. The van der Waals surface area contributed by atoms with Crippen molar-refractivity contribution < 1.29 is 13.6 Å². The van der Waals surface area contributed by atoms with E-state index in [-0.39, 0.29) is 26.5 Å². The van der Waals surface area contributed by atoms with Crippen molar-refractivity contribution in [2.75, 3.05) is 32.0 Å². The van der Waals surface area contributed by atoms with Gasteiger partial charge in [0.15, 0.2) is 0 Å². The molecule has 1 amide bonds. The zero-order valence-corrected chi connectivity index (χ0v) is 25.3. The van der Waals surface area contributed by atoms with Crippen LogP contribution in [0.5, 0.6) is 0 Å². The summed E-state index contributed by atoms with van der Waals surface area (Å²) in [5.74, 6) is 1.45. The smallest absolute Gasteiger partial charge is 0.264 e. The summed E-state index contributed by atoms with van der Waals surface area (Å²) < 4.78 is 28.8. The van der Waals surface area contributed by atoms with Crippen molar-refractivity contribution in [3.05, 3.63) is 63.1 Å². The minimum atomic E-state index is -2.58.